The van der Waals surface area contributed by atoms with Crippen molar-refractivity contribution in [3.8, 4) is 0 Å². The summed E-state index contributed by atoms with van der Waals surface area (Å²) in [7, 11) is 1.78. The molecular formula is C23H32N2O3. The van der Waals surface area contributed by atoms with Gasteiger partial charge in [0.05, 0.1) is 16.6 Å². The van der Waals surface area contributed by atoms with E-state index >= 15 is 0 Å². The number of nitrogens with zero attached hydrogens (tertiary/aromatic N) is 2. The van der Waals surface area contributed by atoms with Gasteiger partial charge in [-0.2, -0.15) is 0 Å². The Labute approximate surface area is 167 Å². The lowest BCUT2D eigenvalue weighted by Gasteiger charge is -2.40. The molecule has 5 heteroatoms. The molecule has 152 valence electrons. The van der Waals surface area contributed by atoms with Crippen molar-refractivity contribution in [2.75, 3.05) is 25.1 Å². The lowest BCUT2D eigenvalue weighted by Crippen LogP contribution is -2.36. The summed E-state index contributed by atoms with van der Waals surface area (Å²) < 4.78 is 5.47. The first kappa shape index (κ1) is 19.4. The number of hydrogen-bond donors (Lipinski definition) is 0. The van der Waals surface area contributed by atoms with Crippen molar-refractivity contribution in [1.82, 2.24) is 0 Å². The molecule has 28 heavy (non-hydrogen) atoms. The quantitative estimate of drug-likeness (QED) is 0.491. The summed E-state index contributed by atoms with van der Waals surface area (Å²) in [6.45, 7) is 1.88. The standard InChI is InChI=1S/C23H32N2O3/c1-28-20-9-15-24(16-10-20)19-5-6-22(25(26)27)21(17-19)18-7-13-23(14-8-18)11-3-2-4-12-23/h5-7,17,20H,2-4,8-16H2,1H3. The van der Waals surface area contributed by atoms with Crippen molar-refractivity contribution >= 4 is 16.9 Å². The molecule has 1 aromatic carbocycles. The number of nitro benzene ring substituents is 1. The molecule has 1 saturated carbocycles. The van der Waals surface area contributed by atoms with Crippen LogP contribution in [0, 0.1) is 15.5 Å². The normalized spacial score (nSPS) is 22.9. The largest absolute Gasteiger partial charge is 0.381 e. The topological polar surface area (TPSA) is 55.6 Å². The predicted molar refractivity (Wildman–Crippen MR) is 113 cm³/mol. The minimum absolute atomic E-state index is 0.220. The molecule has 0 aromatic heterocycles. The van der Waals surface area contributed by atoms with Gasteiger partial charge in [-0.1, -0.05) is 25.3 Å². The van der Waals surface area contributed by atoms with E-state index < -0.39 is 0 Å². The molecule has 2 fully saturated rings. The Balaban J connectivity index is 1.57. The van der Waals surface area contributed by atoms with Gasteiger partial charge in [0.15, 0.2) is 0 Å². The minimum Gasteiger partial charge on any atom is -0.381 e. The Hall–Kier alpha value is -1.88. The SMILES string of the molecule is COC1CCN(c2ccc([N+](=O)[O-])c(C3=CCC4(CCCCC4)CC3)c2)CC1. The van der Waals surface area contributed by atoms with E-state index in [9.17, 15) is 10.1 Å². The Morgan fingerprint density at radius 2 is 1.89 bits per heavy atom. The minimum atomic E-state index is -0.220. The van der Waals surface area contributed by atoms with Crippen LogP contribution in [-0.4, -0.2) is 31.2 Å². The molecule has 1 aliphatic heterocycles. The van der Waals surface area contributed by atoms with Gasteiger partial charge in [0.1, 0.15) is 0 Å². The summed E-state index contributed by atoms with van der Waals surface area (Å²) in [6, 6.07) is 5.69. The first-order valence-corrected chi connectivity index (χ1v) is 10.9. The number of allylic oxidation sites excluding steroid dienone is 2. The third-order valence-electron chi connectivity index (χ3n) is 7.28. The highest BCUT2D eigenvalue weighted by Gasteiger charge is 2.34. The van der Waals surface area contributed by atoms with E-state index in [1.807, 2.05) is 6.07 Å². The van der Waals surface area contributed by atoms with E-state index in [-0.39, 0.29) is 10.6 Å². The van der Waals surface area contributed by atoms with E-state index in [0.717, 1.165) is 50.0 Å². The number of benzene rings is 1. The third kappa shape index (κ3) is 3.95. The van der Waals surface area contributed by atoms with Crippen molar-refractivity contribution in [2.45, 2.75) is 70.3 Å². The van der Waals surface area contributed by atoms with Crippen LogP contribution in [-0.2, 0) is 4.74 Å². The van der Waals surface area contributed by atoms with Crippen LogP contribution in [0.25, 0.3) is 5.57 Å². The van der Waals surface area contributed by atoms with Crippen LogP contribution >= 0.6 is 0 Å². The van der Waals surface area contributed by atoms with Crippen LogP contribution in [0.1, 0.15) is 69.8 Å². The molecule has 0 atom stereocenters. The lowest BCUT2D eigenvalue weighted by molar-refractivity contribution is -0.385. The molecule has 2 aliphatic carbocycles. The Kier molecular flexibility index (Phi) is 5.72. The first-order chi connectivity index (χ1) is 13.6. The average molecular weight is 385 g/mol. The number of anilines is 1. The van der Waals surface area contributed by atoms with Crippen LogP contribution < -0.4 is 4.90 Å². The number of piperidine rings is 1. The Morgan fingerprint density at radius 1 is 1.14 bits per heavy atom. The highest BCUT2D eigenvalue weighted by molar-refractivity contribution is 5.76. The summed E-state index contributed by atoms with van der Waals surface area (Å²) >= 11 is 0. The van der Waals surface area contributed by atoms with Crippen molar-refractivity contribution in [1.29, 1.82) is 0 Å². The van der Waals surface area contributed by atoms with Gasteiger partial charge in [0, 0.05) is 32.0 Å². The van der Waals surface area contributed by atoms with Gasteiger partial charge < -0.3 is 9.64 Å². The van der Waals surface area contributed by atoms with Crippen LogP contribution in [0.15, 0.2) is 24.3 Å². The number of ether oxygens (including phenoxy) is 1. The van der Waals surface area contributed by atoms with Crippen molar-refractivity contribution in [3.63, 3.8) is 0 Å². The monoisotopic (exact) mass is 384 g/mol. The zero-order valence-electron chi connectivity index (χ0n) is 17.0. The van der Waals surface area contributed by atoms with Gasteiger partial charge in [-0.15, -0.1) is 0 Å². The second-order valence-electron chi connectivity index (χ2n) is 8.87. The molecule has 1 heterocycles. The van der Waals surface area contributed by atoms with Gasteiger partial charge in [-0.3, -0.25) is 10.1 Å². The first-order valence-electron chi connectivity index (χ1n) is 10.9. The molecular weight excluding hydrogens is 352 g/mol. The average Bonchev–Trinajstić information content (AvgIpc) is 2.74. The zero-order valence-corrected chi connectivity index (χ0v) is 17.0. The van der Waals surface area contributed by atoms with Crippen LogP contribution in [0.3, 0.4) is 0 Å². The zero-order chi connectivity index (χ0) is 19.6. The fourth-order valence-corrected chi connectivity index (χ4v) is 5.43. The number of rotatable bonds is 4. The van der Waals surface area contributed by atoms with Gasteiger partial charge in [-0.05, 0) is 68.1 Å². The molecule has 0 bridgehead atoms. The molecule has 4 rings (SSSR count). The Morgan fingerprint density at radius 3 is 2.50 bits per heavy atom. The highest BCUT2D eigenvalue weighted by Crippen LogP contribution is 2.49. The fourth-order valence-electron chi connectivity index (χ4n) is 5.43. The summed E-state index contributed by atoms with van der Waals surface area (Å²) in [5.74, 6) is 0. The molecule has 0 N–H and O–H groups in total. The summed E-state index contributed by atoms with van der Waals surface area (Å²) in [6.07, 6.45) is 14.6. The van der Waals surface area contributed by atoms with Gasteiger partial charge in [0.2, 0.25) is 0 Å². The van der Waals surface area contributed by atoms with E-state index in [1.54, 1.807) is 13.2 Å². The van der Waals surface area contributed by atoms with Gasteiger partial charge in [-0.25, -0.2) is 0 Å². The molecule has 1 saturated heterocycles. The van der Waals surface area contributed by atoms with E-state index in [2.05, 4.69) is 17.0 Å². The molecule has 1 spiro atoms. The fraction of sp³-hybridized carbons (Fsp3) is 0.652. The number of methoxy groups -OCH3 is 1. The van der Waals surface area contributed by atoms with Gasteiger partial charge >= 0.3 is 0 Å². The summed E-state index contributed by atoms with van der Waals surface area (Å²) in [5, 5.41) is 11.7. The third-order valence-corrected chi connectivity index (χ3v) is 7.28. The lowest BCUT2D eigenvalue weighted by atomic mass is 9.65. The van der Waals surface area contributed by atoms with Crippen LogP contribution in [0.5, 0.6) is 0 Å². The summed E-state index contributed by atoms with van der Waals surface area (Å²) in [4.78, 5) is 13.8. The van der Waals surface area contributed by atoms with E-state index in [0.29, 0.717) is 11.5 Å². The van der Waals surface area contributed by atoms with Crippen LogP contribution in [0.2, 0.25) is 0 Å². The smallest absolute Gasteiger partial charge is 0.277 e. The molecule has 0 radical (unpaired) electrons. The molecule has 5 nitrogen and oxygen atoms in total. The molecule has 0 amide bonds. The number of hydrogen-bond acceptors (Lipinski definition) is 4. The maximum atomic E-state index is 11.7. The summed E-state index contributed by atoms with van der Waals surface area (Å²) in [5.41, 5.74) is 3.84. The molecule has 3 aliphatic rings. The van der Waals surface area contributed by atoms with Crippen molar-refractivity contribution < 1.29 is 9.66 Å². The van der Waals surface area contributed by atoms with Crippen LogP contribution in [0.4, 0.5) is 11.4 Å². The predicted octanol–water partition coefficient (Wildman–Crippen LogP) is 5.73. The molecule has 0 unspecified atom stereocenters. The number of nitro groups is 1. The van der Waals surface area contributed by atoms with Crippen molar-refractivity contribution in [2.24, 2.45) is 5.41 Å². The Bertz CT molecular complexity index is 744. The highest BCUT2D eigenvalue weighted by atomic mass is 16.6. The maximum absolute atomic E-state index is 11.7. The molecule has 1 aromatic rings. The van der Waals surface area contributed by atoms with E-state index in [1.165, 1.54) is 44.1 Å². The van der Waals surface area contributed by atoms with Crippen molar-refractivity contribution in [3.05, 3.63) is 40.0 Å². The second kappa shape index (κ2) is 8.24. The van der Waals surface area contributed by atoms with Gasteiger partial charge in [0.25, 0.3) is 5.69 Å². The second-order valence-corrected chi connectivity index (χ2v) is 8.87. The maximum Gasteiger partial charge on any atom is 0.277 e. The van der Waals surface area contributed by atoms with E-state index in [4.69, 9.17) is 4.74 Å².